The summed E-state index contributed by atoms with van der Waals surface area (Å²) in [5, 5.41) is 36.8. The molecule has 0 aromatic rings. The first-order valence-corrected chi connectivity index (χ1v) is 20.3. The topological polar surface area (TPSA) is 145 Å². The predicted octanol–water partition coefficient (Wildman–Crippen LogP) is 8.15. The molecule has 0 aromatic heterocycles. The standard InChI is InChI=1S/C40H79N3O5/c1-4-6-8-10-12-14-16-18-19-20-22-24-26-28-30-32-37(46)43-35(33-42-40(48)38(41)34(3)44)39(47)36(45)31-29-27-25-23-21-17-15-13-11-9-7-5-2/h18-19,34-36,38-39,44-45,47H,4-17,20-33,41H2,1-3H3,(H,42,48)(H,43,46)/b19-18-/t34?,35-,36+,38?,39-/m0/s1. The van der Waals surface area contributed by atoms with Crippen LogP contribution in [0.2, 0.25) is 0 Å². The first-order valence-electron chi connectivity index (χ1n) is 20.3. The summed E-state index contributed by atoms with van der Waals surface area (Å²) < 4.78 is 0. The lowest BCUT2D eigenvalue weighted by Gasteiger charge is -2.28. The van der Waals surface area contributed by atoms with Gasteiger partial charge in [-0.25, -0.2) is 0 Å². The molecule has 0 aromatic carbocycles. The first-order chi connectivity index (χ1) is 23.2. The number of carbonyl (C=O) groups excluding carboxylic acids is 2. The van der Waals surface area contributed by atoms with Crippen LogP contribution < -0.4 is 16.4 Å². The zero-order chi connectivity index (χ0) is 35.7. The van der Waals surface area contributed by atoms with Crippen molar-refractivity contribution in [3.8, 4) is 0 Å². The average Bonchev–Trinajstić information content (AvgIpc) is 3.07. The lowest BCUT2D eigenvalue weighted by Crippen LogP contribution is -2.56. The van der Waals surface area contributed by atoms with Crippen LogP contribution in [0.1, 0.15) is 194 Å². The number of rotatable bonds is 35. The van der Waals surface area contributed by atoms with E-state index in [-0.39, 0.29) is 12.5 Å². The maximum Gasteiger partial charge on any atom is 0.239 e. The van der Waals surface area contributed by atoms with E-state index in [1.165, 1.54) is 116 Å². The van der Waals surface area contributed by atoms with Crippen LogP contribution in [-0.2, 0) is 9.59 Å². The molecule has 0 spiro atoms. The van der Waals surface area contributed by atoms with Gasteiger partial charge in [0.25, 0.3) is 0 Å². The van der Waals surface area contributed by atoms with Crippen molar-refractivity contribution >= 4 is 11.8 Å². The average molecular weight is 682 g/mol. The number of hydrogen-bond acceptors (Lipinski definition) is 6. The number of unbranched alkanes of at least 4 members (excludes halogenated alkanes) is 22. The molecule has 284 valence electrons. The lowest BCUT2D eigenvalue weighted by molar-refractivity contribution is -0.127. The zero-order valence-corrected chi connectivity index (χ0v) is 31.6. The minimum absolute atomic E-state index is 0.0754. The second kappa shape index (κ2) is 34.0. The Bertz CT molecular complexity index is 763. The van der Waals surface area contributed by atoms with Crippen molar-refractivity contribution < 1.29 is 24.9 Å². The number of amides is 2. The Morgan fingerprint density at radius 1 is 0.625 bits per heavy atom. The van der Waals surface area contributed by atoms with Crippen molar-refractivity contribution in [2.24, 2.45) is 5.73 Å². The first kappa shape index (κ1) is 46.5. The van der Waals surface area contributed by atoms with Crippen molar-refractivity contribution in [1.82, 2.24) is 10.6 Å². The summed E-state index contributed by atoms with van der Waals surface area (Å²) in [5.74, 6) is -0.771. The SMILES string of the molecule is CCCCCCCC/C=C\CCCCCCCC(=O)N[C@@H](CNC(=O)C(N)C(C)O)[C@H](O)[C@H](O)CCCCCCCCCCCCCC. The fourth-order valence-corrected chi connectivity index (χ4v) is 6.07. The summed E-state index contributed by atoms with van der Waals surface area (Å²) in [6.07, 6.45) is 32.2. The van der Waals surface area contributed by atoms with Crippen LogP contribution in [0.25, 0.3) is 0 Å². The van der Waals surface area contributed by atoms with E-state index in [9.17, 15) is 24.9 Å². The van der Waals surface area contributed by atoms with Crippen LogP contribution in [0.5, 0.6) is 0 Å². The third kappa shape index (κ3) is 28.4. The van der Waals surface area contributed by atoms with E-state index in [1.54, 1.807) is 0 Å². The van der Waals surface area contributed by atoms with E-state index < -0.39 is 36.3 Å². The van der Waals surface area contributed by atoms with Gasteiger partial charge in [-0.3, -0.25) is 9.59 Å². The molecule has 0 fully saturated rings. The molecule has 0 saturated carbocycles. The Hall–Kier alpha value is -1.48. The molecular weight excluding hydrogens is 602 g/mol. The monoisotopic (exact) mass is 682 g/mol. The molecule has 8 heteroatoms. The third-order valence-electron chi connectivity index (χ3n) is 9.49. The second-order valence-corrected chi connectivity index (χ2v) is 14.3. The maximum absolute atomic E-state index is 12.8. The van der Waals surface area contributed by atoms with Gasteiger partial charge in [0.2, 0.25) is 11.8 Å². The van der Waals surface area contributed by atoms with Gasteiger partial charge in [-0.05, 0) is 45.4 Å². The number of aliphatic hydroxyl groups is 3. The summed E-state index contributed by atoms with van der Waals surface area (Å²) in [7, 11) is 0. The van der Waals surface area contributed by atoms with Crippen LogP contribution in [0, 0.1) is 0 Å². The summed E-state index contributed by atoms with van der Waals surface area (Å²) in [5.41, 5.74) is 5.75. The summed E-state index contributed by atoms with van der Waals surface area (Å²) in [4.78, 5) is 25.1. The fourth-order valence-electron chi connectivity index (χ4n) is 6.07. The van der Waals surface area contributed by atoms with Crippen LogP contribution in [0.15, 0.2) is 12.2 Å². The van der Waals surface area contributed by atoms with Gasteiger partial charge in [-0.1, -0.05) is 154 Å². The quantitative estimate of drug-likeness (QED) is 0.0294. The maximum atomic E-state index is 12.8. The number of hydrogen-bond donors (Lipinski definition) is 6. The third-order valence-corrected chi connectivity index (χ3v) is 9.49. The molecule has 2 amide bonds. The molecule has 0 radical (unpaired) electrons. The van der Waals surface area contributed by atoms with Gasteiger partial charge in [0.15, 0.2) is 0 Å². The highest BCUT2D eigenvalue weighted by molar-refractivity contribution is 5.82. The van der Waals surface area contributed by atoms with E-state index in [1.807, 2.05) is 0 Å². The highest BCUT2D eigenvalue weighted by Gasteiger charge is 2.29. The minimum atomic E-state index is -1.22. The van der Waals surface area contributed by atoms with Crippen LogP contribution in [-0.4, -0.2) is 64.1 Å². The Morgan fingerprint density at radius 2 is 1.04 bits per heavy atom. The molecule has 8 nitrogen and oxygen atoms in total. The van der Waals surface area contributed by atoms with Crippen LogP contribution >= 0.6 is 0 Å². The minimum Gasteiger partial charge on any atom is -0.391 e. The van der Waals surface area contributed by atoms with Gasteiger partial charge in [0, 0.05) is 13.0 Å². The molecule has 0 bridgehead atoms. The van der Waals surface area contributed by atoms with Crippen molar-refractivity contribution in [3.63, 3.8) is 0 Å². The number of allylic oxidation sites excluding steroid dienone is 2. The van der Waals surface area contributed by atoms with Crippen molar-refractivity contribution in [2.45, 2.75) is 225 Å². The van der Waals surface area contributed by atoms with E-state index in [0.717, 1.165) is 51.4 Å². The van der Waals surface area contributed by atoms with Gasteiger partial charge < -0.3 is 31.7 Å². The summed E-state index contributed by atoms with van der Waals surface area (Å²) in [6, 6.07) is -1.96. The number of nitrogens with one attached hydrogen (secondary N) is 2. The smallest absolute Gasteiger partial charge is 0.239 e. The molecule has 0 rings (SSSR count). The highest BCUT2D eigenvalue weighted by Crippen LogP contribution is 2.15. The van der Waals surface area contributed by atoms with Crippen molar-refractivity contribution in [3.05, 3.63) is 12.2 Å². The molecule has 7 N–H and O–H groups in total. The van der Waals surface area contributed by atoms with E-state index >= 15 is 0 Å². The fraction of sp³-hybridized carbons (Fsp3) is 0.900. The van der Waals surface area contributed by atoms with Crippen LogP contribution in [0.3, 0.4) is 0 Å². The molecule has 0 aliphatic rings. The molecule has 0 heterocycles. The highest BCUT2D eigenvalue weighted by atomic mass is 16.3. The van der Waals surface area contributed by atoms with Gasteiger partial charge in [-0.15, -0.1) is 0 Å². The number of aliphatic hydroxyl groups excluding tert-OH is 3. The van der Waals surface area contributed by atoms with Gasteiger partial charge in [-0.2, -0.15) is 0 Å². The molecule has 48 heavy (non-hydrogen) atoms. The van der Waals surface area contributed by atoms with Gasteiger partial charge in [0.05, 0.1) is 18.2 Å². The lowest BCUT2D eigenvalue weighted by atomic mass is 9.98. The van der Waals surface area contributed by atoms with E-state index in [2.05, 4.69) is 36.6 Å². The van der Waals surface area contributed by atoms with Crippen molar-refractivity contribution in [2.75, 3.05) is 6.54 Å². The molecule has 0 aliphatic carbocycles. The Labute approximate surface area is 295 Å². The molecule has 0 saturated heterocycles. The second-order valence-electron chi connectivity index (χ2n) is 14.3. The number of carbonyl (C=O) groups is 2. The number of nitrogens with two attached hydrogens (primary N) is 1. The largest absolute Gasteiger partial charge is 0.391 e. The predicted molar refractivity (Wildman–Crippen MR) is 202 cm³/mol. The van der Waals surface area contributed by atoms with E-state index in [4.69, 9.17) is 5.73 Å². The Morgan fingerprint density at radius 3 is 1.50 bits per heavy atom. The molecule has 0 aliphatic heterocycles. The van der Waals surface area contributed by atoms with Crippen LogP contribution in [0.4, 0.5) is 0 Å². The van der Waals surface area contributed by atoms with E-state index in [0.29, 0.717) is 12.8 Å². The molecule has 5 atom stereocenters. The summed E-state index contributed by atoms with van der Waals surface area (Å²) >= 11 is 0. The van der Waals surface area contributed by atoms with Gasteiger partial charge >= 0.3 is 0 Å². The van der Waals surface area contributed by atoms with Gasteiger partial charge in [0.1, 0.15) is 12.1 Å². The Balaban J connectivity index is 4.37. The molecular formula is C40H79N3O5. The van der Waals surface area contributed by atoms with Crippen molar-refractivity contribution in [1.29, 1.82) is 0 Å². The molecule has 2 unspecified atom stereocenters. The Kier molecular flexibility index (Phi) is 32.9. The normalized spacial score (nSPS) is 14.9. The summed E-state index contributed by atoms with van der Waals surface area (Å²) in [6.45, 7) is 5.85. The zero-order valence-electron chi connectivity index (χ0n) is 31.6.